The van der Waals surface area contributed by atoms with Crippen LogP contribution in [-0.4, -0.2) is 37.0 Å². The average Bonchev–Trinajstić information content (AvgIpc) is 2.17. The molecule has 3 nitrogen and oxygen atoms in total. The van der Waals surface area contributed by atoms with E-state index in [-0.39, 0.29) is 5.41 Å². The van der Waals surface area contributed by atoms with Crippen LogP contribution in [0.4, 0.5) is 0 Å². The summed E-state index contributed by atoms with van der Waals surface area (Å²) in [4.78, 5) is 0. The molecular formula is C13H27NO2. The van der Waals surface area contributed by atoms with Crippen molar-refractivity contribution in [2.24, 2.45) is 11.3 Å². The quantitative estimate of drug-likeness (QED) is 0.755. The Morgan fingerprint density at radius 2 is 1.69 bits per heavy atom. The Hall–Kier alpha value is -0.120. The zero-order valence-electron chi connectivity index (χ0n) is 11.2. The molecule has 0 aromatic heterocycles. The van der Waals surface area contributed by atoms with E-state index in [2.05, 4.69) is 19.2 Å². The molecule has 1 saturated heterocycles. The number of rotatable bonds is 5. The van der Waals surface area contributed by atoms with Crippen LogP contribution in [0, 0.1) is 11.3 Å². The van der Waals surface area contributed by atoms with E-state index >= 15 is 0 Å². The monoisotopic (exact) mass is 229 g/mol. The van der Waals surface area contributed by atoms with E-state index in [0.29, 0.717) is 6.54 Å². The Balaban J connectivity index is 2.32. The first-order valence-electron chi connectivity index (χ1n) is 6.32. The molecule has 3 heteroatoms. The lowest BCUT2D eigenvalue weighted by Gasteiger charge is -2.37. The van der Waals surface area contributed by atoms with Crippen LogP contribution in [0.1, 0.15) is 40.5 Å². The Bertz CT molecular complexity index is 202. The maximum Gasteiger partial charge on any atom is 0.0715 e. The predicted octanol–water partition coefficient (Wildman–Crippen LogP) is 1.80. The maximum atomic E-state index is 9.64. The summed E-state index contributed by atoms with van der Waals surface area (Å²) in [5.41, 5.74) is -0.333. The Kier molecular flexibility index (Phi) is 4.77. The molecule has 0 aromatic carbocycles. The third-order valence-electron chi connectivity index (χ3n) is 3.46. The van der Waals surface area contributed by atoms with Crippen molar-refractivity contribution in [3.63, 3.8) is 0 Å². The van der Waals surface area contributed by atoms with Gasteiger partial charge in [-0.2, -0.15) is 0 Å². The molecule has 1 aliphatic heterocycles. The molecule has 1 fully saturated rings. The zero-order valence-corrected chi connectivity index (χ0v) is 11.2. The minimum absolute atomic E-state index is 0.287. The van der Waals surface area contributed by atoms with Gasteiger partial charge in [0.1, 0.15) is 0 Å². The van der Waals surface area contributed by atoms with Gasteiger partial charge in [-0.1, -0.05) is 13.8 Å². The van der Waals surface area contributed by atoms with Crippen molar-refractivity contribution in [2.75, 3.05) is 26.3 Å². The first-order chi connectivity index (χ1) is 7.31. The van der Waals surface area contributed by atoms with Gasteiger partial charge in [0.25, 0.3) is 0 Å². The van der Waals surface area contributed by atoms with Gasteiger partial charge in [-0.3, -0.25) is 0 Å². The van der Waals surface area contributed by atoms with E-state index < -0.39 is 5.60 Å². The van der Waals surface area contributed by atoms with Gasteiger partial charge in [-0.05, 0) is 38.0 Å². The van der Waals surface area contributed by atoms with Gasteiger partial charge in [0.15, 0.2) is 0 Å². The molecule has 2 N–H and O–H groups in total. The lowest BCUT2D eigenvalue weighted by atomic mass is 9.74. The summed E-state index contributed by atoms with van der Waals surface area (Å²) < 4.78 is 5.39. The number of ether oxygens (including phenoxy) is 1. The Morgan fingerprint density at radius 1 is 1.12 bits per heavy atom. The summed E-state index contributed by atoms with van der Waals surface area (Å²) in [6.45, 7) is 11.7. The lowest BCUT2D eigenvalue weighted by molar-refractivity contribution is 0.0191. The molecule has 0 radical (unpaired) electrons. The second-order valence-corrected chi connectivity index (χ2v) is 6.29. The van der Waals surface area contributed by atoms with Crippen LogP contribution < -0.4 is 5.32 Å². The number of hydrogen-bond donors (Lipinski definition) is 2. The van der Waals surface area contributed by atoms with E-state index in [4.69, 9.17) is 4.74 Å². The SMILES string of the molecule is CC(C)(O)CNCC(C)(C)C1CCOCC1. The van der Waals surface area contributed by atoms with Crippen molar-refractivity contribution in [1.82, 2.24) is 5.32 Å². The van der Waals surface area contributed by atoms with E-state index in [1.165, 1.54) is 0 Å². The van der Waals surface area contributed by atoms with Crippen LogP contribution in [0.3, 0.4) is 0 Å². The molecular weight excluding hydrogens is 202 g/mol. The fourth-order valence-corrected chi connectivity index (χ4v) is 2.31. The molecule has 1 heterocycles. The molecule has 96 valence electrons. The van der Waals surface area contributed by atoms with E-state index in [1.807, 2.05) is 13.8 Å². The maximum absolute atomic E-state index is 9.64. The minimum atomic E-state index is -0.619. The highest BCUT2D eigenvalue weighted by Gasteiger charge is 2.30. The van der Waals surface area contributed by atoms with Gasteiger partial charge < -0.3 is 15.2 Å². The molecule has 16 heavy (non-hydrogen) atoms. The molecule has 0 unspecified atom stereocenters. The largest absolute Gasteiger partial charge is 0.389 e. The summed E-state index contributed by atoms with van der Waals surface area (Å²) in [6, 6.07) is 0. The van der Waals surface area contributed by atoms with E-state index in [9.17, 15) is 5.11 Å². The first kappa shape index (κ1) is 13.9. The first-order valence-corrected chi connectivity index (χ1v) is 6.32. The van der Waals surface area contributed by atoms with E-state index in [1.54, 1.807) is 0 Å². The van der Waals surface area contributed by atoms with Gasteiger partial charge in [0, 0.05) is 26.3 Å². The highest BCUT2D eigenvalue weighted by atomic mass is 16.5. The van der Waals surface area contributed by atoms with Gasteiger partial charge in [0.2, 0.25) is 0 Å². The van der Waals surface area contributed by atoms with Crippen LogP contribution >= 0.6 is 0 Å². The minimum Gasteiger partial charge on any atom is -0.389 e. The van der Waals surface area contributed by atoms with Gasteiger partial charge in [0.05, 0.1) is 5.60 Å². The predicted molar refractivity (Wildman–Crippen MR) is 66.5 cm³/mol. The number of hydrogen-bond acceptors (Lipinski definition) is 3. The van der Waals surface area contributed by atoms with Crippen molar-refractivity contribution in [1.29, 1.82) is 0 Å². The van der Waals surface area contributed by atoms with Crippen molar-refractivity contribution in [3.05, 3.63) is 0 Å². The molecule has 0 aromatic rings. The molecule has 0 aliphatic carbocycles. The molecule has 0 saturated carbocycles. The molecule has 0 bridgehead atoms. The zero-order chi connectivity index (χ0) is 12.2. The van der Waals surface area contributed by atoms with Crippen molar-refractivity contribution in [3.8, 4) is 0 Å². The second kappa shape index (κ2) is 5.48. The number of aliphatic hydroxyl groups is 1. The topological polar surface area (TPSA) is 41.5 Å². The fourth-order valence-electron chi connectivity index (χ4n) is 2.31. The van der Waals surface area contributed by atoms with Crippen molar-refractivity contribution < 1.29 is 9.84 Å². The highest BCUT2D eigenvalue weighted by Crippen LogP contribution is 2.33. The molecule has 0 atom stereocenters. The Morgan fingerprint density at radius 3 is 2.19 bits per heavy atom. The summed E-state index contributed by atoms with van der Waals surface area (Å²) in [7, 11) is 0. The fraction of sp³-hybridized carbons (Fsp3) is 1.00. The number of nitrogens with one attached hydrogen (secondary N) is 1. The van der Waals surface area contributed by atoms with Crippen LogP contribution in [-0.2, 0) is 4.74 Å². The van der Waals surface area contributed by atoms with Crippen LogP contribution in [0.2, 0.25) is 0 Å². The van der Waals surface area contributed by atoms with Crippen molar-refractivity contribution in [2.45, 2.75) is 46.1 Å². The summed E-state index contributed by atoms with van der Waals surface area (Å²) >= 11 is 0. The summed E-state index contributed by atoms with van der Waals surface area (Å²) in [6.07, 6.45) is 2.33. The second-order valence-electron chi connectivity index (χ2n) is 6.29. The summed E-state index contributed by atoms with van der Waals surface area (Å²) in [5, 5.41) is 13.0. The van der Waals surface area contributed by atoms with Crippen LogP contribution in [0.15, 0.2) is 0 Å². The Labute approximate surface area is 99.6 Å². The molecule has 1 rings (SSSR count). The molecule has 0 spiro atoms. The highest BCUT2D eigenvalue weighted by molar-refractivity contribution is 4.83. The third kappa shape index (κ3) is 4.81. The van der Waals surface area contributed by atoms with Crippen molar-refractivity contribution >= 4 is 0 Å². The third-order valence-corrected chi connectivity index (χ3v) is 3.46. The van der Waals surface area contributed by atoms with E-state index in [0.717, 1.165) is 38.5 Å². The van der Waals surface area contributed by atoms with Gasteiger partial charge in [-0.15, -0.1) is 0 Å². The standard InChI is InChI=1S/C13H27NO2/c1-12(2,9-14-10-13(3,4)15)11-5-7-16-8-6-11/h11,14-15H,5-10H2,1-4H3. The smallest absolute Gasteiger partial charge is 0.0715 e. The normalized spacial score (nSPS) is 20.1. The summed E-state index contributed by atoms with van der Waals surface area (Å²) in [5.74, 6) is 0.732. The van der Waals surface area contributed by atoms with Crippen LogP contribution in [0.25, 0.3) is 0 Å². The van der Waals surface area contributed by atoms with Gasteiger partial charge in [-0.25, -0.2) is 0 Å². The molecule has 0 amide bonds. The lowest BCUT2D eigenvalue weighted by Crippen LogP contribution is -2.43. The van der Waals surface area contributed by atoms with Gasteiger partial charge >= 0.3 is 0 Å². The van der Waals surface area contributed by atoms with Crippen LogP contribution in [0.5, 0.6) is 0 Å². The average molecular weight is 229 g/mol. The molecule has 1 aliphatic rings.